The fourth-order valence-corrected chi connectivity index (χ4v) is 0.961. The highest BCUT2D eigenvalue weighted by Gasteiger charge is 2.08. The summed E-state index contributed by atoms with van der Waals surface area (Å²) in [5.74, 6) is -0.438. The first kappa shape index (κ1) is 10.6. The van der Waals surface area contributed by atoms with Crippen LogP contribution in [0.3, 0.4) is 0 Å². The van der Waals surface area contributed by atoms with Crippen LogP contribution in [0.25, 0.3) is 0 Å². The van der Waals surface area contributed by atoms with Crippen molar-refractivity contribution in [3.05, 3.63) is 18.0 Å². The normalized spacial score (nSPS) is 10.6. The van der Waals surface area contributed by atoms with E-state index in [2.05, 4.69) is 9.84 Å². The Bertz CT molecular complexity index is 312. The summed E-state index contributed by atoms with van der Waals surface area (Å²) in [6.07, 6.45) is -1.03. The Morgan fingerprint density at radius 1 is 1.71 bits per heavy atom. The second-order valence-electron chi connectivity index (χ2n) is 2.67. The topological polar surface area (TPSA) is 44.1 Å². The van der Waals surface area contributed by atoms with E-state index in [0.29, 0.717) is 5.69 Å². The molecule has 1 heterocycles. The fraction of sp³-hybridized carbons (Fsp3) is 0.500. The molecule has 0 saturated carbocycles. The van der Waals surface area contributed by atoms with Crippen molar-refractivity contribution in [1.29, 1.82) is 0 Å². The van der Waals surface area contributed by atoms with Crippen molar-refractivity contribution in [3.8, 4) is 0 Å². The van der Waals surface area contributed by atoms with Gasteiger partial charge in [0, 0.05) is 6.20 Å². The van der Waals surface area contributed by atoms with E-state index in [1.807, 2.05) is 0 Å². The van der Waals surface area contributed by atoms with Crippen LogP contribution < -0.4 is 0 Å². The first-order valence-electron chi connectivity index (χ1n) is 3.99. The molecule has 6 heteroatoms. The quantitative estimate of drug-likeness (QED) is 0.683. The lowest BCUT2D eigenvalue weighted by Gasteiger charge is -1.98. The van der Waals surface area contributed by atoms with Crippen LogP contribution in [0.5, 0.6) is 0 Å². The van der Waals surface area contributed by atoms with Gasteiger partial charge >= 0.3 is 5.97 Å². The van der Waals surface area contributed by atoms with Gasteiger partial charge in [-0.3, -0.25) is 9.48 Å². The highest BCUT2D eigenvalue weighted by molar-refractivity contribution is 5.71. The number of ether oxygens (including phenoxy) is 1. The number of nitrogens with zero attached hydrogens (tertiary/aromatic N) is 2. The summed E-state index contributed by atoms with van der Waals surface area (Å²) in [7, 11) is 1.26. The number of esters is 1. The van der Waals surface area contributed by atoms with Gasteiger partial charge in [0.15, 0.2) is 0 Å². The summed E-state index contributed by atoms with van der Waals surface area (Å²) in [6.45, 7) is -0.457. The molecule has 0 atom stereocenters. The molecule has 0 aliphatic carbocycles. The van der Waals surface area contributed by atoms with Gasteiger partial charge in [-0.15, -0.1) is 0 Å². The molecule has 0 aliphatic rings. The Balaban J connectivity index is 2.55. The number of rotatable bonds is 4. The molecule has 0 unspecified atom stereocenters. The Morgan fingerprint density at radius 2 is 2.43 bits per heavy atom. The number of methoxy groups -OCH3 is 1. The molecule has 0 fully saturated rings. The van der Waals surface area contributed by atoms with Crippen molar-refractivity contribution in [1.82, 2.24) is 9.78 Å². The molecule has 1 aromatic rings. The SMILES string of the molecule is COC(=O)Cc1ccn(CC(F)F)n1. The molecular weight excluding hydrogens is 194 g/mol. The van der Waals surface area contributed by atoms with E-state index in [1.54, 1.807) is 0 Å². The van der Waals surface area contributed by atoms with E-state index in [-0.39, 0.29) is 6.42 Å². The van der Waals surface area contributed by atoms with E-state index in [1.165, 1.54) is 19.4 Å². The third-order valence-electron chi connectivity index (χ3n) is 1.57. The summed E-state index contributed by atoms with van der Waals surface area (Å²) in [5.41, 5.74) is 0.428. The number of halogens is 2. The van der Waals surface area contributed by atoms with Crippen LogP contribution in [0, 0.1) is 0 Å². The summed E-state index contributed by atoms with van der Waals surface area (Å²) in [4.78, 5) is 10.8. The molecule has 0 aromatic carbocycles. The van der Waals surface area contributed by atoms with Crippen molar-refractivity contribution in [2.75, 3.05) is 7.11 Å². The lowest BCUT2D eigenvalue weighted by atomic mass is 10.3. The number of carbonyl (C=O) groups is 1. The molecule has 78 valence electrons. The van der Waals surface area contributed by atoms with E-state index in [9.17, 15) is 13.6 Å². The number of aromatic nitrogens is 2. The molecule has 0 bridgehead atoms. The lowest BCUT2D eigenvalue weighted by Crippen LogP contribution is -2.09. The van der Waals surface area contributed by atoms with Crippen molar-refractivity contribution in [3.63, 3.8) is 0 Å². The van der Waals surface area contributed by atoms with Crippen molar-refractivity contribution >= 4 is 5.97 Å². The fourth-order valence-electron chi connectivity index (χ4n) is 0.961. The lowest BCUT2D eigenvalue weighted by molar-refractivity contribution is -0.139. The van der Waals surface area contributed by atoms with Gasteiger partial charge in [0.2, 0.25) is 0 Å². The van der Waals surface area contributed by atoms with Gasteiger partial charge in [0.05, 0.1) is 19.2 Å². The smallest absolute Gasteiger partial charge is 0.311 e. The highest BCUT2D eigenvalue weighted by atomic mass is 19.3. The Labute approximate surface area is 79.5 Å². The molecular formula is C8H10F2N2O2. The summed E-state index contributed by atoms with van der Waals surface area (Å²) in [6, 6.07) is 1.51. The summed E-state index contributed by atoms with van der Waals surface area (Å²) in [5, 5.41) is 3.77. The van der Waals surface area contributed by atoms with Crippen LogP contribution in [0.4, 0.5) is 8.78 Å². The molecule has 1 rings (SSSR count). The third kappa shape index (κ3) is 3.12. The maximum absolute atomic E-state index is 11.9. The molecule has 4 nitrogen and oxygen atoms in total. The van der Waals surface area contributed by atoms with Crippen molar-refractivity contribution in [2.24, 2.45) is 0 Å². The molecule has 0 radical (unpaired) electrons. The van der Waals surface area contributed by atoms with Gasteiger partial charge in [-0.1, -0.05) is 0 Å². The maximum Gasteiger partial charge on any atom is 0.311 e. The molecule has 1 aromatic heterocycles. The third-order valence-corrected chi connectivity index (χ3v) is 1.57. The number of alkyl halides is 2. The van der Waals surface area contributed by atoms with Crippen LogP contribution in [0.15, 0.2) is 12.3 Å². The highest BCUT2D eigenvalue weighted by Crippen LogP contribution is 2.01. The zero-order chi connectivity index (χ0) is 10.6. The summed E-state index contributed by atoms with van der Waals surface area (Å²) < 4.78 is 29.3. The van der Waals surface area contributed by atoms with Crippen molar-refractivity contribution in [2.45, 2.75) is 19.4 Å². The average Bonchev–Trinajstić information content (AvgIpc) is 2.51. The van der Waals surface area contributed by atoms with Crippen LogP contribution in [0.1, 0.15) is 5.69 Å². The molecule has 14 heavy (non-hydrogen) atoms. The first-order valence-corrected chi connectivity index (χ1v) is 3.99. The van der Waals surface area contributed by atoms with Crippen LogP contribution in [-0.2, 0) is 22.5 Å². The predicted octanol–water partition coefficient (Wildman–Crippen LogP) is 0.864. The van der Waals surface area contributed by atoms with Gasteiger partial charge < -0.3 is 4.74 Å². The minimum Gasteiger partial charge on any atom is -0.469 e. The van der Waals surface area contributed by atoms with Gasteiger partial charge in [0.25, 0.3) is 6.43 Å². The minimum absolute atomic E-state index is 0.00668. The Kier molecular flexibility index (Phi) is 3.55. The zero-order valence-electron chi connectivity index (χ0n) is 7.61. The predicted molar refractivity (Wildman–Crippen MR) is 44.0 cm³/mol. The van der Waals surface area contributed by atoms with Crippen LogP contribution >= 0.6 is 0 Å². The number of carbonyl (C=O) groups excluding carboxylic acids is 1. The minimum atomic E-state index is -2.44. The first-order chi connectivity index (χ1) is 6.61. The Hall–Kier alpha value is -1.46. The molecule has 0 N–H and O–H groups in total. The van der Waals surface area contributed by atoms with Gasteiger partial charge in [-0.25, -0.2) is 8.78 Å². The number of hydrogen-bond acceptors (Lipinski definition) is 3. The second-order valence-corrected chi connectivity index (χ2v) is 2.67. The van der Waals surface area contributed by atoms with E-state index >= 15 is 0 Å². The van der Waals surface area contributed by atoms with E-state index < -0.39 is 18.9 Å². The standard InChI is InChI=1S/C8H10F2N2O2/c1-14-8(13)4-6-2-3-12(11-6)5-7(9)10/h2-3,7H,4-5H2,1H3. The zero-order valence-corrected chi connectivity index (χ0v) is 7.61. The largest absolute Gasteiger partial charge is 0.469 e. The number of hydrogen-bond donors (Lipinski definition) is 0. The molecule has 0 saturated heterocycles. The van der Waals surface area contributed by atoms with Gasteiger partial charge in [-0.05, 0) is 6.07 Å². The maximum atomic E-state index is 11.9. The van der Waals surface area contributed by atoms with E-state index in [0.717, 1.165) is 4.68 Å². The summed E-state index contributed by atoms with van der Waals surface area (Å²) >= 11 is 0. The van der Waals surface area contributed by atoms with Crippen LogP contribution in [-0.4, -0.2) is 29.3 Å². The van der Waals surface area contributed by atoms with Crippen LogP contribution in [0.2, 0.25) is 0 Å². The molecule has 0 amide bonds. The monoisotopic (exact) mass is 204 g/mol. The van der Waals surface area contributed by atoms with E-state index in [4.69, 9.17) is 0 Å². The average molecular weight is 204 g/mol. The molecule has 0 spiro atoms. The van der Waals surface area contributed by atoms with Gasteiger partial charge in [0.1, 0.15) is 6.54 Å². The van der Waals surface area contributed by atoms with Gasteiger partial charge in [-0.2, -0.15) is 5.10 Å². The Morgan fingerprint density at radius 3 is 3.00 bits per heavy atom. The van der Waals surface area contributed by atoms with Crippen molar-refractivity contribution < 1.29 is 18.3 Å². The second kappa shape index (κ2) is 4.69. The molecule has 0 aliphatic heterocycles.